The quantitative estimate of drug-likeness (QED) is 0.875. The zero-order valence-corrected chi connectivity index (χ0v) is 12.6. The smallest absolute Gasteiger partial charge is 0.141 e. The van der Waals surface area contributed by atoms with Gasteiger partial charge in [-0.2, -0.15) is 0 Å². The summed E-state index contributed by atoms with van der Waals surface area (Å²) in [6.45, 7) is 0. The molecule has 0 saturated heterocycles. The van der Waals surface area contributed by atoms with Crippen LogP contribution in [0.3, 0.4) is 0 Å². The first-order valence-electron chi connectivity index (χ1n) is 7.98. The number of quaternary nitrogens is 1. The number of hydrogen-bond donors (Lipinski definition) is 1. The summed E-state index contributed by atoms with van der Waals surface area (Å²) in [7, 11) is 0. The third-order valence-electron chi connectivity index (χ3n) is 4.48. The molecule has 0 saturated carbocycles. The fourth-order valence-corrected chi connectivity index (χ4v) is 3.18. The maximum Gasteiger partial charge on any atom is 0.141 e. The first-order chi connectivity index (χ1) is 10.9. The molecule has 1 heterocycles. The van der Waals surface area contributed by atoms with Crippen molar-refractivity contribution in [3.63, 3.8) is 0 Å². The molecule has 0 spiro atoms. The van der Waals surface area contributed by atoms with Gasteiger partial charge < -0.3 is 5.32 Å². The van der Waals surface area contributed by atoms with Gasteiger partial charge in [0.1, 0.15) is 11.7 Å². The van der Waals surface area contributed by atoms with E-state index in [9.17, 15) is 0 Å². The lowest BCUT2D eigenvalue weighted by Crippen LogP contribution is -2.87. The third kappa shape index (κ3) is 2.56. The highest BCUT2D eigenvalue weighted by Gasteiger charge is 2.26. The molecule has 0 aromatic heterocycles. The van der Waals surface area contributed by atoms with E-state index in [1.54, 1.807) is 0 Å². The average molecular weight is 286 g/mol. The van der Waals surface area contributed by atoms with Crippen LogP contribution in [0.25, 0.3) is 11.3 Å². The Morgan fingerprint density at radius 2 is 1.73 bits per heavy atom. The lowest BCUT2D eigenvalue weighted by Gasteiger charge is -2.23. The summed E-state index contributed by atoms with van der Waals surface area (Å²) in [5.41, 5.74) is 6.89. The van der Waals surface area contributed by atoms with E-state index in [2.05, 4.69) is 84.2 Å². The van der Waals surface area contributed by atoms with E-state index < -0.39 is 0 Å². The molecular formula is C21H20N+. The first kappa shape index (κ1) is 13.3. The van der Waals surface area contributed by atoms with E-state index >= 15 is 0 Å². The summed E-state index contributed by atoms with van der Waals surface area (Å²) >= 11 is 0. The first-order valence-corrected chi connectivity index (χ1v) is 7.98. The van der Waals surface area contributed by atoms with Crippen molar-refractivity contribution in [1.29, 1.82) is 0 Å². The second kappa shape index (κ2) is 5.78. The standard InChI is InChI=1S/C21H19N/c1-3-8-16(9-4-1)18-12-7-13-19(14-18)21-15-20(22-21)17-10-5-2-6-11-17/h1-3,5-8,10-15,21-22H,4,9H2/p+1. The van der Waals surface area contributed by atoms with Crippen LogP contribution in [0, 0.1) is 0 Å². The van der Waals surface area contributed by atoms with Crippen molar-refractivity contribution in [3.8, 4) is 0 Å². The van der Waals surface area contributed by atoms with E-state index in [1.807, 2.05) is 0 Å². The summed E-state index contributed by atoms with van der Waals surface area (Å²) in [6.07, 6.45) is 11.3. The monoisotopic (exact) mass is 286 g/mol. The van der Waals surface area contributed by atoms with Gasteiger partial charge in [-0.1, -0.05) is 54.6 Å². The van der Waals surface area contributed by atoms with Gasteiger partial charge in [-0.3, -0.25) is 0 Å². The van der Waals surface area contributed by atoms with E-state index in [1.165, 1.54) is 28.0 Å². The number of nitrogens with two attached hydrogens (primary N) is 1. The second-order valence-electron chi connectivity index (χ2n) is 5.96. The molecule has 2 N–H and O–H groups in total. The van der Waals surface area contributed by atoms with Crippen LogP contribution in [-0.2, 0) is 0 Å². The highest BCUT2D eigenvalue weighted by atomic mass is 15.0. The van der Waals surface area contributed by atoms with Gasteiger partial charge in [0.15, 0.2) is 0 Å². The van der Waals surface area contributed by atoms with E-state index in [-0.39, 0.29) is 0 Å². The third-order valence-corrected chi connectivity index (χ3v) is 4.48. The van der Waals surface area contributed by atoms with Crippen LogP contribution in [0.1, 0.15) is 35.6 Å². The minimum absolute atomic E-state index is 0.454. The van der Waals surface area contributed by atoms with E-state index in [0.29, 0.717) is 6.04 Å². The highest BCUT2D eigenvalue weighted by molar-refractivity contribution is 5.69. The lowest BCUT2D eigenvalue weighted by atomic mass is 9.91. The van der Waals surface area contributed by atoms with Crippen molar-refractivity contribution in [2.75, 3.05) is 0 Å². The van der Waals surface area contributed by atoms with Crippen LogP contribution in [0.5, 0.6) is 0 Å². The maximum atomic E-state index is 2.36. The highest BCUT2D eigenvalue weighted by Crippen LogP contribution is 2.28. The molecule has 0 fully saturated rings. The lowest BCUT2D eigenvalue weighted by molar-refractivity contribution is -0.620. The Bertz CT molecular complexity index is 766. The normalized spacial score (nSPS) is 20.1. The largest absolute Gasteiger partial charge is 0.304 e. The van der Waals surface area contributed by atoms with E-state index in [0.717, 1.165) is 12.8 Å². The van der Waals surface area contributed by atoms with Crippen molar-refractivity contribution in [2.24, 2.45) is 0 Å². The maximum absolute atomic E-state index is 2.36. The molecule has 1 nitrogen and oxygen atoms in total. The number of allylic oxidation sites excluding steroid dienone is 4. The van der Waals surface area contributed by atoms with Crippen LogP contribution < -0.4 is 5.32 Å². The number of benzene rings is 2. The molecule has 1 aliphatic heterocycles. The predicted molar refractivity (Wildman–Crippen MR) is 91.9 cm³/mol. The molecule has 1 unspecified atom stereocenters. The molecule has 0 bridgehead atoms. The van der Waals surface area contributed by atoms with Gasteiger partial charge in [0.2, 0.25) is 0 Å². The van der Waals surface area contributed by atoms with Crippen molar-refractivity contribution in [2.45, 2.75) is 18.9 Å². The molecule has 1 heteroatoms. The summed E-state index contributed by atoms with van der Waals surface area (Å²) in [5, 5.41) is 2.36. The van der Waals surface area contributed by atoms with Gasteiger partial charge in [0, 0.05) is 17.2 Å². The summed E-state index contributed by atoms with van der Waals surface area (Å²) in [6, 6.07) is 20.1. The van der Waals surface area contributed by atoms with Gasteiger partial charge in [-0.15, -0.1) is 0 Å². The van der Waals surface area contributed by atoms with Crippen LogP contribution in [-0.4, -0.2) is 0 Å². The molecule has 2 aromatic rings. The molecule has 2 aliphatic rings. The fourth-order valence-electron chi connectivity index (χ4n) is 3.18. The van der Waals surface area contributed by atoms with Crippen LogP contribution in [0.4, 0.5) is 0 Å². The summed E-state index contributed by atoms with van der Waals surface area (Å²) in [4.78, 5) is 0. The molecule has 1 atom stereocenters. The molecule has 0 radical (unpaired) electrons. The molecule has 0 amide bonds. The molecule has 108 valence electrons. The van der Waals surface area contributed by atoms with Gasteiger partial charge in [-0.05, 0) is 42.2 Å². The van der Waals surface area contributed by atoms with Crippen molar-refractivity contribution < 1.29 is 5.32 Å². The molecule has 4 rings (SSSR count). The van der Waals surface area contributed by atoms with Gasteiger partial charge >= 0.3 is 0 Å². The summed E-state index contributed by atoms with van der Waals surface area (Å²) < 4.78 is 0. The minimum Gasteiger partial charge on any atom is -0.304 e. The molecular weight excluding hydrogens is 266 g/mol. The molecule has 22 heavy (non-hydrogen) atoms. The Labute approximate surface area is 131 Å². The Kier molecular flexibility index (Phi) is 3.49. The van der Waals surface area contributed by atoms with Crippen molar-refractivity contribution in [3.05, 3.63) is 95.6 Å². The second-order valence-corrected chi connectivity index (χ2v) is 5.96. The Morgan fingerprint density at radius 3 is 2.50 bits per heavy atom. The van der Waals surface area contributed by atoms with Gasteiger partial charge in [0.05, 0.1) is 0 Å². The molecule has 1 aliphatic carbocycles. The van der Waals surface area contributed by atoms with Crippen LogP contribution in [0.2, 0.25) is 0 Å². The predicted octanol–water partition coefficient (Wildman–Crippen LogP) is 4.08. The number of rotatable bonds is 3. The Morgan fingerprint density at radius 1 is 0.909 bits per heavy atom. The molecule has 2 aromatic carbocycles. The fraction of sp³-hybridized carbons (Fsp3) is 0.143. The Hall–Kier alpha value is -2.38. The zero-order valence-electron chi connectivity index (χ0n) is 12.6. The zero-order chi connectivity index (χ0) is 14.8. The topological polar surface area (TPSA) is 16.6 Å². The van der Waals surface area contributed by atoms with Gasteiger partial charge in [-0.25, -0.2) is 0 Å². The van der Waals surface area contributed by atoms with Gasteiger partial charge in [0.25, 0.3) is 0 Å². The van der Waals surface area contributed by atoms with E-state index in [4.69, 9.17) is 0 Å². The number of hydrogen-bond acceptors (Lipinski definition) is 0. The summed E-state index contributed by atoms with van der Waals surface area (Å²) in [5.74, 6) is 0. The van der Waals surface area contributed by atoms with Crippen LogP contribution >= 0.6 is 0 Å². The van der Waals surface area contributed by atoms with Crippen molar-refractivity contribution >= 4 is 11.3 Å². The SMILES string of the molecule is C1=CCCC(c2cccc(C3C=C(c4ccccc4)[NH2+]3)c2)=C1. The Balaban J connectivity index is 1.57. The average Bonchev–Trinajstić information content (AvgIpc) is 2.56. The van der Waals surface area contributed by atoms with Crippen LogP contribution in [0.15, 0.2) is 78.9 Å². The van der Waals surface area contributed by atoms with Crippen molar-refractivity contribution in [1.82, 2.24) is 0 Å². The minimum atomic E-state index is 0.454.